The molecule has 2 unspecified atom stereocenters. The minimum atomic E-state index is -0.286. The lowest BCUT2D eigenvalue weighted by Crippen LogP contribution is -2.53. The Kier molecular flexibility index (Phi) is 7.74. The van der Waals surface area contributed by atoms with Crippen LogP contribution in [0.2, 0.25) is 0 Å². The highest BCUT2D eigenvalue weighted by Gasteiger charge is 2.60. The van der Waals surface area contributed by atoms with Crippen molar-refractivity contribution in [1.29, 1.82) is 0 Å². The van der Waals surface area contributed by atoms with Crippen molar-refractivity contribution in [1.82, 2.24) is 0 Å². The van der Waals surface area contributed by atoms with Gasteiger partial charge < -0.3 is 5.11 Å². The van der Waals surface area contributed by atoms with Crippen LogP contribution in [0, 0.1) is 51.2 Å². The lowest BCUT2D eigenvalue weighted by molar-refractivity contribution is -0.0881. The van der Waals surface area contributed by atoms with Crippen LogP contribution in [0.1, 0.15) is 112 Å². The Bertz CT molecular complexity index is 575. The number of fused-ring (bicyclic) bond motifs is 3. The van der Waals surface area contributed by atoms with E-state index in [1.165, 1.54) is 51.4 Å². The molecular formula is C27H49NO2. The molecule has 0 heterocycles. The van der Waals surface area contributed by atoms with Crippen molar-refractivity contribution < 1.29 is 5.11 Å². The van der Waals surface area contributed by atoms with Gasteiger partial charge in [0.1, 0.15) is 0 Å². The maximum Gasteiger partial charge on any atom is 0.0975 e. The highest BCUT2D eigenvalue weighted by molar-refractivity contribution is 5.10. The van der Waals surface area contributed by atoms with E-state index in [2.05, 4.69) is 39.8 Å². The van der Waals surface area contributed by atoms with E-state index in [1.54, 1.807) is 0 Å². The molecule has 0 saturated heterocycles. The number of nitrogens with zero attached hydrogens (tertiary/aromatic N) is 1. The predicted molar refractivity (Wildman–Crippen MR) is 126 cm³/mol. The van der Waals surface area contributed by atoms with Gasteiger partial charge in [-0.2, -0.15) is 4.91 Å². The summed E-state index contributed by atoms with van der Waals surface area (Å²) >= 11 is 0. The van der Waals surface area contributed by atoms with E-state index in [0.717, 1.165) is 48.9 Å². The van der Waals surface area contributed by atoms with Crippen LogP contribution >= 0.6 is 0 Å². The summed E-state index contributed by atoms with van der Waals surface area (Å²) in [6, 6.07) is -0.0611. The van der Waals surface area contributed by atoms with E-state index in [1.807, 2.05) is 6.92 Å². The molecular weight excluding hydrogens is 370 g/mol. The first kappa shape index (κ1) is 24.2. The summed E-state index contributed by atoms with van der Waals surface area (Å²) in [7, 11) is 0. The molecule has 0 aliphatic heterocycles. The summed E-state index contributed by atoms with van der Waals surface area (Å²) in [5.74, 6) is 4.73. The summed E-state index contributed by atoms with van der Waals surface area (Å²) in [6.07, 6.45) is 13.1. The molecule has 0 amide bonds. The normalized spacial score (nSPS) is 43.1. The Balaban J connectivity index is 1.74. The van der Waals surface area contributed by atoms with Crippen LogP contribution in [0.5, 0.6) is 0 Å². The lowest BCUT2D eigenvalue weighted by Gasteiger charge is -2.58. The molecule has 0 aromatic heterocycles. The van der Waals surface area contributed by atoms with E-state index in [4.69, 9.17) is 0 Å². The fourth-order valence-corrected chi connectivity index (χ4v) is 8.51. The monoisotopic (exact) mass is 419 g/mol. The van der Waals surface area contributed by atoms with Crippen LogP contribution in [0.4, 0.5) is 0 Å². The molecule has 1 N–H and O–H groups in total. The van der Waals surface area contributed by atoms with Crippen molar-refractivity contribution in [3.8, 4) is 0 Å². The average molecular weight is 420 g/mol. The van der Waals surface area contributed by atoms with Crippen LogP contribution in [-0.2, 0) is 0 Å². The summed E-state index contributed by atoms with van der Waals surface area (Å²) in [6.45, 7) is 14.1. The highest BCUT2D eigenvalue weighted by atomic mass is 16.3. The molecule has 9 atom stereocenters. The Morgan fingerprint density at radius 2 is 1.67 bits per heavy atom. The highest BCUT2D eigenvalue weighted by Crippen LogP contribution is 2.66. The second kappa shape index (κ2) is 9.59. The summed E-state index contributed by atoms with van der Waals surface area (Å²) in [4.78, 5) is 11.8. The molecule has 0 aromatic rings. The van der Waals surface area contributed by atoms with Crippen molar-refractivity contribution >= 4 is 0 Å². The second-order valence-electron chi connectivity index (χ2n) is 12.5. The molecule has 3 rings (SSSR count). The molecule has 0 bridgehead atoms. The summed E-state index contributed by atoms with van der Waals surface area (Å²) in [5.41, 5.74) is 0.467. The van der Waals surface area contributed by atoms with Gasteiger partial charge in [0.15, 0.2) is 0 Å². The van der Waals surface area contributed by atoms with Crippen LogP contribution in [0.3, 0.4) is 0 Å². The molecule has 0 aromatic carbocycles. The third kappa shape index (κ3) is 4.52. The number of nitroso groups, excluding NO2 is 1. The molecule has 0 spiro atoms. The molecule has 3 aliphatic carbocycles. The molecule has 0 radical (unpaired) electrons. The minimum Gasteiger partial charge on any atom is -0.393 e. The van der Waals surface area contributed by atoms with E-state index >= 15 is 0 Å². The van der Waals surface area contributed by atoms with Crippen molar-refractivity contribution in [2.45, 2.75) is 124 Å². The first-order valence-corrected chi connectivity index (χ1v) is 13.1. The fraction of sp³-hybridized carbons (Fsp3) is 1.00. The lowest BCUT2D eigenvalue weighted by atomic mass is 9.47. The summed E-state index contributed by atoms with van der Waals surface area (Å²) < 4.78 is 0. The molecule has 3 aliphatic rings. The van der Waals surface area contributed by atoms with Gasteiger partial charge in [-0.05, 0) is 105 Å². The van der Waals surface area contributed by atoms with Gasteiger partial charge in [-0.3, -0.25) is 0 Å². The van der Waals surface area contributed by atoms with Gasteiger partial charge in [-0.25, -0.2) is 0 Å². The van der Waals surface area contributed by atoms with E-state index in [9.17, 15) is 10.0 Å². The Morgan fingerprint density at radius 3 is 2.30 bits per heavy atom. The molecule has 30 heavy (non-hydrogen) atoms. The van der Waals surface area contributed by atoms with E-state index in [-0.39, 0.29) is 17.6 Å². The Hall–Kier alpha value is -0.440. The fourth-order valence-electron chi connectivity index (χ4n) is 8.51. The van der Waals surface area contributed by atoms with Crippen molar-refractivity contribution in [2.24, 2.45) is 51.5 Å². The van der Waals surface area contributed by atoms with Crippen LogP contribution in [0.25, 0.3) is 0 Å². The predicted octanol–water partition coefficient (Wildman–Crippen LogP) is 7.60. The first-order chi connectivity index (χ1) is 14.1. The van der Waals surface area contributed by atoms with Gasteiger partial charge in [-0.15, -0.1) is 0 Å². The van der Waals surface area contributed by atoms with E-state index in [0.29, 0.717) is 11.3 Å². The minimum absolute atomic E-state index is 0.0239. The van der Waals surface area contributed by atoms with Crippen LogP contribution in [0.15, 0.2) is 5.18 Å². The number of hydrogen-bond donors (Lipinski definition) is 1. The topological polar surface area (TPSA) is 49.7 Å². The molecule has 3 saturated carbocycles. The van der Waals surface area contributed by atoms with Gasteiger partial charge in [0.05, 0.1) is 12.1 Å². The number of aliphatic hydroxyl groups is 1. The smallest absolute Gasteiger partial charge is 0.0975 e. The summed E-state index contributed by atoms with van der Waals surface area (Å²) in [5, 5.41) is 13.6. The quantitative estimate of drug-likeness (QED) is 0.391. The van der Waals surface area contributed by atoms with Gasteiger partial charge in [0, 0.05) is 0 Å². The number of aliphatic hydroxyl groups excluding tert-OH is 1. The molecule has 3 nitrogen and oxygen atoms in total. The zero-order chi connectivity index (χ0) is 22.1. The van der Waals surface area contributed by atoms with Gasteiger partial charge in [-0.1, -0.05) is 59.1 Å². The van der Waals surface area contributed by atoms with Crippen molar-refractivity contribution in [3.63, 3.8) is 0 Å². The van der Waals surface area contributed by atoms with Gasteiger partial charge >= 0.3 is 0 Å². The first-order valence-electron chi connectivity index (χ1n) is 13.1. The Labute approximate surface area is 186 Å². The maximum atomic E-state index is 11.8. The van der Waals surface area contributed by atoms with E-state index < -0.39 is 0 Å². The third-order valence-electron chi connectivity index (χ3n) is 10.2. The second-order valence-corrected chi connectivity index (χ2v) is 12.5. The molecule has 174 valence electrons. The zero-order valence-electron chi connectivity index (χ0n) is 20.7. The largest absolute Gasteiger partial charge is 0.393 e. The third-order valence-corrected chi connectivity index (χ3v) is 10.2. The SMILES string of the molecule is CC(C)CCC[C@@H](C)[C@H]1CC[C@H]2[C@@H]3CCC(N=O)[C@](C)(CCC(C)O)[C@H]3CC[C@]12C. The van der Waals surface area contributed by atoms with Crippen molar-refractivity contribution in [2.75, 3.05) is 0 Å². The maximum absolute atomic E-state index is 11.8. The molecule has 3 fully saturated rings. The Morgan fingerprint density at radius 1 is 0.933 bits per heavy atom. The average Bonchev–Trinajstić information content (AvgIpc) is 3.04. The standard InChI is InChI=1S/C27H49NO2/c1-18(2)8-7-9-19(3)22-11-12-23-21-10-13-25(28-30)27(6,16-14-20(4)29)24(21)15-17-26(22,23)5/h18-25,29H,7-17H2,1-6H3/t19-,20?,21+,22-,23+,24+,25?,26-,27-/m1/s1. The molecule has 3 heteroatoms. The van der Waals surface area contributed by atoms with Crippen molar-refractivity contribution in [3.05, 3.63) is 4.91 Å². The van der Waals surface area contributed by atoms with Crippen LogP contribution < -0.4 is 0 Å². The zero-order valence-corrected chi connectivity index (χ0v) is 20.7. The van der Waals surface area contributed by atoms with Crippen LogP contribution in [-0.4, -0.2) is 17.3 Å². The van der Waals surface area contributed by atoms with Gasteiger partial charge in [0.2, 0.25) is 0 Å². The number of rotatable bonds is 9. The number of hydrogen-bond acceptors (Lipinski definition) is 3. The van der Waals surface area contributed by atoms with Gasteiger partial charge in [0.25, 0.3) is 0 Å².